The van der Waals surface area contributed by atoms with Gasteiger partial charge in [-0.05, 0) is 46.4 Å². The van der Waals surface area contributed by atoms with Crippen molar-refractivity contribution in [3.8, 4) is 62.1 Å². The first kappa shape index (κ1) is 16.0. The highest BCUT2D eigenvalue weighted by atomic mass is 15.1. The highest BCUT2D eigenvalue weighted by Crippen LogP contribution is 2.41. The molecule has 0 bridgehead atoms. The Balaban J connectivity index is 1.51. The molecule has 0 saturated heterocycles. The van der Waals surface area contributed by atoms with Gasteiger partial charge < -0.3 is 4.57 Å². The molecule has 0 saturated carbocycles. The van der Waals surface area contributed by atoms with Gasteiger partial charge in [-0.2, -0.15) is 0 Å². The zero-order valence-electron chi connectivity index (χ0n) is 42.3. The molecule has 4 nitrogen and oxygen atoms in total. The molecule has 0 aliphatic heterocycles. The molecule has 0 aliphatic carbocycles. The maximum Gasteiger partial charge on any atom is 0.166 e. The van der Waals surface area contributed by atoms with E-state index in [0.717, 1.165) is 0 Å². The van der Waals surface area contributed by atoms with Crippen LogP contribution in [0.15, 0.2) is 182 Å². The van der Waals surface area contributed by atoms with E-state index in [0.29, 0.717) is 16.7 Å². The van der Waals surface area contributed by atoms with E-state index in [1.54, 1.807) is 78.9 Å². The second-order valence-corrected chi connectivity index (χ2v) is 10.8. The van der Waals surface area contributed by atoms with Gasteiger partial charge in [0.2, 0.25) is 0 Å². The lowest BCUT2D eigenvalue weighted by Crippen LogP contribution is -2.05. The first-order chi connectivity index (χ1) is 31.4. The summed E-state index contributed by atoms with van der Waals surface area (Å²) >= 11 is 0. The lowest BCUT2D eigenvalue weighted by atomic mass is 9.97. The zero-order chi connectivity index (χ0) is 47.4. The molecule has 2 heterocycles. The van der Waals surface area contributed by atoms with Crippen molar-refractivity contribution in [3.63, 3.8) is 0 Å². The minimum Gasteiger partial charge on any atom is -0.308 e. The Morgan fingerprint density at radius 3 is 1.73 bits per heavy atom. The van der Waals surface area contributed by atoms with Crippen LogP contribution in [0.4, 0.5) is 0 Å². The van der Waals surface area contributed by atoms with Crippen molar-refractivity contribution in [2.45, 2.75) is 0 Å². The molecule has 2 aromatic heterocycles. The number of benzene rings is 7. The summed E-state index contributed by atoms with van der Waals surface area (Å²) in [6, 6.07) is 10.9. The van der Waals surface area contributed by atoms with Gasteiger partial charge in [0, 0.05) is 21.9 Å². The van der Waals surface area contributed by atoms with E-state index >= 15 is 0 Å². The van der Waals surface area contributed by atoms with Gasteiger partial charge in [0.15, 0.2) is 17.5 Å². The van der Waals surface area contributed by atoms with Crippen molar-refractivity contribution in [2.75, 3.05) is 0 Å². The van der Waals surface area contributed by atoms with Crippen molar-refractivity contribution in [2.24, 2.45) is 0 Å². The Bertz CT molecular complexity index is 3500. The van der Waals surface area contributed by atoms with E-state index in [4.69, 9.17) is 26.4 Å². The lowest BCUT2D eigenvalue weighted by molar-refractivity contribution is 1.06. The van der Waals surface area contributed by atoms with Crippen LogP contribution in [0, 0.1) is 0 Å². The fraction of sp³-hybridized carbons (Fsp3) is 0. The normalized spacial score (nSPS) is 16.1. The van der Waals surface area contributed by atoms with E-state index in [-0.39, 0.29) is 56.1 Å². The molecule has 9 aromatic rings. The van der Waals surface area contributed by atoms with Crippen molar-refractivity contribution in [1.82, 2.24) is 19.5 Å². The summed E-state index contributed by atoms with van der Waals surface area (Å²) in [6.07, 6.45) is 0. The van der Waals surface area contributed by atoms with E-state index in [2.05, 4.69) is 4.98 Å². The summed E-state index contributed by atoms with van der Waals surface area (Å²) in [5.41, 5.74) is -0.273. The summed E-state index contributed by atoms with van der Waals surface area (Å²) in [5.74, 6) is -0.428. The summed E-state index contributed by atoms with van der Waals surface area (Å²) in [4.78, 5) is 14.4. The number of fused-ring (bicyclic) bond motifs is 3. The van der Waals surface area contributed by atoms with Crippen LogP contribution in [0.1, 0.15) is 23.3 Å². The second-order valence-electron chi connectivity index (χ2n) is 10.8. The van der Waals surface area contributed by atoms with E-state index in [1.807, 2.05) is 0 Å². The van der Waals surface area contributed by atoms with Gasteiger partial charge in [-0.15, -0.1) is 0 Å². The molecule has 7 aromatic carbocycles. The largest absolute Gasteiger partial charge is 0.308 e. The molecule has 0 unspecified atom stereocenters. The Hall–Kier alpha value is -6.65. The maximum absolute atomic E-state index is 9.66. The van der Waals surface area contributed by atoms with E-state index in [9.17, 15) is 6.85 Å². The first-order valence-electron chi connectivity index (χ1n) is 23.6. The monoisotopic (exact) mass is 643 g/mol. The average molecular weight is 644 g/mol. The summed E-state index contributed by atoms with van der Waals surface area (Å²) in [5, 5.41) is -0.545. The third-order valence-corrected chi connectivity index (χ3v) is 7.89. The van der Waals surface area contributed by atoms with Gasteiger partial charge in [-0.3, -0.25) is 0 Å². The Kier molecular flexibility index (Phi) is 3.97. The molecule has 0 spiro atoms. The molecule has 0 aliphatic rings. The van der Waals surface area contributed by atoms with Gasteiger partial charge in [0.05, 0.1) is 45.6 Å². The average Bonchev–Trinajstić information content (AvgIpc) is 3.70. The molecule has 4 heteroatoms. The minimum absolute atomic E-state index is 0.0201. The smallest absolute Gasteiger partial charge is 0.166 e. The predicted molar refractivity (Wildman–Crippen MR) is 201 cm³/mol. The predicted octanol–water partition coefficient (Wildman–Crippen LogP) is 11.3. The van der Waals surface area contributed by atoms with Crippen LogP contribution < -0.4 is 0 Å². The lowest BCUT2D eigenvalue weighted by Gasteiger charge is -2.18. The number of hydrogen-bond acceptors (Lipinski definition) is 3. The molecular weight excluding hydrogens is 597 g/mol. The minimum atomic E-state index is -0.752. The van der Waals surface area contributed by atoms with Gasteiger partial charge in [0.1, 0.15) is 0 Å². The number of rotatable bonds is 6. The number of hydrogen-bond donors (Lipinski definition) is 0. The van der Waals surface area contributed by atoms with Gasteiger partial charge >= 0.3 is 0 Å². The van der Waals surface area contributed by atoms with Crippen LogP contribution in [-0.4, -0.2) is 19.5 Å². The summed E-state index contributed by atoms with van der Waals surface area (Å²) in [6.45, 7) is 0. The fourth-order valence-electron chi connectivity index (χ4n) is 5.75. The molecule has 230 valence electrons. The molecule has 0 N–H and O–H groups in total. The highest BCUT2D eigenvalue weighted by molar-refractivity contribution is 6.11. The Labute approximate surface area is 308 Å². The number of para-hydroxylation sites is 1. The van der Waals surface area contributed by atoms with Gasteiger partial charge in [-0.25, -0.2) is 15.0 Å². The van der Waals surface area contributed by atoms with Crippen LogP contribution in [0.25, 0.3) is 83.9 Å². The third-order valence-electron chi connectivity index (χ3n) is 7.89. The summed E-state index contributed by atoms with van der Waals surface area (Å²) in [7, 11) is 0. The molecule has 0 atom stereocenters. The number of nitrogens with zero attached hydrogens (tertiary/aromatic N) is 4. The SMILES string of the molecule is [2H]c1c([2H])c([2H])c(-c2nc(-c3ccccc3)nc(-c3c(-c4ccccc4)cccc3-n3c4c([2H])c([2H])c([2H])c([2H])c4c4c([2H])c(-c5c([2H])c([2H])c([2H])c([2H])c5[2H])c([2H])c([2H])c43)n2)c([2H])c1[2H]. The molecule has 9 rings (SSSR count). The van der Waals surface area contributed by atoms with Crippen LogP contribution in [0.3, 0.4) is 0 Å². The van der Waals surface area contributed by atoms with Crippen LogP contribution >= 0.6 is 0 Å². The molecule has 0 fully saturated rings. The first-order valence-corrected chi connectivity index (χ1v) is 15.1. The quantitative estimate of drug-likeness (QED) is 0.181. The zero-order valence-corrected chi connectivity index (χ0v) is 25.3. The molecule has 0 radical (unpaired) electrons. The van der Waals surface area contributed by atoms with Crippen LogP contribution in [-0.2, 0) is 0 Å². The Morgan fingerprint density at radius 1 is 0.408 bits per heavy atom. The third kappa shape index (κ3) is 5.16. The molecular formula is C45H30N4. The second kappa shape index (κ2) is 12.2. The van der Waals surface area contributed by atoms with Gasteiger partial charge in [0.25, 0.3) is 0 Å². The highest BCUT2D eigenvalue weighted by Gasteiger charge is 2.22. The maximum atomic E-state index is 9.66. The Morgan fingerprint density at radius 2 is 1.00 bits per heavy atom. The van der Waals surface area contributed by atoms with E-state index in [1.165, 1.54) is 4.57 Å². The van der Waals surface area contributed by atoms with Gasteiger partial charge in [-0.1, -0.05) is 157 Å². The number of aromatic nitrogens is 4. The van der Waals surface area contributed by atoms with Crippen molar-refractivity contribution in [1.29, 1.82) is 0 Å². The van der Waals surface area contributed by atoms with Crippen molar-refractivity contribution >= 4 is 21.8 Å². The molecule has 0 amide bonds. The van der Waals surface area contributed by atoms with Crippen LogP contribution in [0.2, 0.25) is 0 Å². The van der Waals surface area contributed by atoms with Crippen LogP contribution in [0.5, 0.6) is 0 Å². The van der Waals surface area contributed by atoms with Crippen molar-refractivity contribution < 1.29 is 23.3 Å². The van der Waals surface area contributed by atoms with Crippen molar-refractivity contribution in [3.05, 3.63) is 182 Å². The molecule has 49 heavy (non-hydrogen) atoms. The standard InChI is InChI=1S/C45H30N4/c1-5-16-31(17-6-1)35-28-29-40-38(30-35)37-24-13-14-26-39(37)49(40)41-27-15-25-36(32-18-7-2-8-19-32)42(41)45-47-43(33-20-9-3-10-21-33)46-44(48-45)34-22-11-4-12-23-34/h1-30H/i1D,3D,5D,6D,9D,10D,13D,14D,16D,17D,20D,21D,24D,26D,28D,29D,30D. The summed E-state index contributed by atoms with van der Waals surface area (Å²) < 4.78 is 151. The van der Waals surface area contributed by atoms with E-state index < -0.39 is 114 Å². The fourth-order valence-corrected chi connectivity index (χ4v) is 5.75. The topological polar surface area (TPSA) is 43.6 Å².